The van der Waals surface area contributed by atoms with Crippen molar-refractivity contribution in [3.63, 3.8) is 0 Å². The van der Waals surface area contributed by atoms with E-state index in [1.807, 2.05) is 36.1 Å². The summed E-state index contributed by atoms with van der Waals surface area (Å²) in [7, 11) is 0. The van der Waals surface area contributed by atoms with E-state index in [4.69, 9.17) is 4.74 Å². The summed E-state index contributed by atoms with van der Waals surface area (Å²) in [4.78, 5) is 22.1. The third kappa shape index (κ3) is 2.92. The van der Waals surface area contributed by atoms with E-state index in [1.165, 1.54) is 6.20 Å². The van der Waals surface area contributed by atoms with Crippen molar-refractivity contribution in [1.29, 1.82) is 0 Å². The first-order valence-corrected chi connectivity index (χ1v) is 7.15. The zero-order valence-electron chi connectivity index (χ0n) is 12.3. The highest BCUT2D eigenvalue weighted by Gasteiger charge is 2.21. The summed E-state index contributed by atoms with van der Waals surface area (Å²) in [5.41, 5.74) is 2.15. The van der Waals surface area contributed by atoms with Crippen LogP contribution in [0.5, 0.6) is 0 Å². The highest BCUT2D eigenvalue weighted by Crippen LogP contribution is 2.23. The van der Waals surface area contributed by atoms with Crippen LogP contribution in [-0.4, -0.2) is 47.3 Å². The fraction of sp³-hybridized carbons (Fsp3) is 0.312. The Balaban J connectivity index is 2.02. The van der Waals surface area contributed by atoms with Gasteiger partial charge in [-0.15, -0.1) is 0 Å². The number of carbonyl (C=O) groups is 1. The van der Waals surface area contributed by atoms with E-state index in [0.29, 0.717) is 37.9 Å². The molecule has 6 nitrogen and oxygen atoms in total. The van der Waals surface area contributed by atoms with Gasteiger partial charge in [0.25, 0.3) is 0 Å². The van der Waals surface area contributed by atoms with Gasteiger partial charge in [-0.05, 0) is 6.92 Å². The molecular weight excluding hydrogens is 282 g/mol. The predicted octanol–water partition coefficient (Wildman–Crippen LogP) is 1.99. The Labute approximate surface area is 128 Å². The maximum absolute atomic E-state index is 11.4. The maximum atomic E-state index is 11.4. The number of aryl methyl sites for hydroxylation is 1. The van der Waals surface area contributed by atoms with Crippen LogP contribution in [0.4, 0.5) is 5.82 Å². The third-order valence-corrected chi connectivity index (χ3v) is 3.62. The average Bonchev–Trinajstić information content (AvgIpc) is 2.56. The number of hydrogen-bond donors (Lipinski definition) is 1. The van der Waals surface area contributed by atoms with Crippen molar-refractivity contribution in [1.82, 2.24) is 9.97 Å². The van der Waals surface area contributed by atoms with Gasteiger partial charge in [-0.25, -0.2) is 14.8 Å². The molecule has 0 spiro atoms. The highest BCUT2D eigenvalue weighted by atomic mass is 16.5. The molecule has 0 aliphatic carbocycles. The fourth-order valence-electron chi connectivity index (χ4n) is 2.38. The largest absolute Gasteiger partial charge is 0.477 e. The lowest BCUT2D eigenvalue weighted by Gasteiger charge is -2.28. The van der Waals surface area contributed by atoms with E-state index < -0.39 is 5.97 Å². The Bertz CT molecular complexity index is 680. The number of carboxylic acid groups (broad SMARTS) is 1. The molecule has 0 radical (unpaired) electrons. The van der Waals surface area contributed by atoms with Gasteiger partial charge in [0, 0.05) is 24.8 Å². The van der Waals surface area contributed by atoms with Crippen LogP contribution < -0.4 is 4.90 Å². The molecule has 2 heterocycles. The topological polar surface area (TPSA) is 75.5 Å². The number of anilines is 1. The quantitative estimate of drug-likeness (QED) is 0.934. The average molecular weight is 299 g/mol. The summed E-state index contributed by atoms with van der Waals surface area (Å²) in [6.07, 6.45) is 1.38. The molecule has 0 saturated carbocycles. The standard InChI is InChI=1S/C16H17N3O3/c1-11-2-4-12(5-3-11)14-17-10-13(16(20)21)15(18-14)19-6-8-22-9-7-19/h2-5,10H,6-9H2,1H3,(H,20,21). The molecule has 6 heteroatoms. The molecule has 0 unspecified atom stereocenters. The molecule has 1 aromatic heterocycles. The molecule has 1 aliphatic heterocycles. The number of carboxylic acids is 1. The normalized spacial score (nSPS) is 14.9. The van der Waals surface area contributed by atoms with Crippen LogP contribution in [0.15, 0.2) is 30.5 Å². The van der Waals surface area contributed by atoms with Crippen LogP contribution in [0.25, 0.3) is 11.4 Å². The van der Waals surface area contributed by atoms with E-state index in [1.54, 1.807) is 0 Å². The molecular formula is C16H17N3O3. The molecule has 0 amide bonds. The van der Waals surface area contributed by atoms with Crippen molar-refractivity contribution >= 4 is 11.8 Å². The van der Waals surface area contributed by atoms with Crippen LogP contribution in [-0.2, 0) is 4.74 Å². The fourth-order valence-corrected chi connectivity index (χ4v) is 2.38. The minimum absolute atomic E-state index is 0.123. The van der Waals surface area contributed by atoms with E-state index in [-0.39, 0.29) is 5.56 Å². The van der Waals surface area contributed by atoms with Gasteiger partial charge in [-0.3, -0.25) is 0 Å². The summed E-state index contributed by atoms with van der Waals surface area (Å²) < 4.78 is 5.32. The van der Waals surface area contributed by atoms with Gasteiger partial charge in [0.05, 0.1) is 13.2 Å². The Morgan fingerprint density at radius 1 is 1.23 bits per heavy atom. The van der Waals surface area contributed by atoms with Crippen molar-refractivity contribution in [2.75, 3.05) is 31.2 Å². The van der Waals surface area contributed by atoms with Crippen molar-refractivity contribution in [3.8, 4) is 11.4 Å². The number of ether oxygens (including phenoxy) is 1. The first-order valence-electron chi connectivity index (χ1n) is 7.15. The van der Waals surface area contributed by atoms with Crippen molar-refractivity contribution in [2.45, 2.75) is 6.92 Å². The number of rotatable bonds is 3. The Morgan fingerprint density at radius 3 is 2.55 bits per heavy atom. The number of benzene rings is 1. The van der Waals surface area contributed by atoms with Crippen molar-refractivity contribution < 1.29 is 14.6 Å². The monoisotopic (exact) mass is 299 g/mol. The number of nitrogens with zero attached hydrogens (tertiary/aromatic N) is 3. The van der Waals surface area contributed by atoms with Gasteiger partial charge in [0.1, 0.15) is 11.4 Å². The van der Waals surface area contributed by atoms with Gasteiger partial charge >= 0.3 is 5.97 Å². The molecule has 1 fully saturated rings. The lowest BCUT2D eigenvalue weighted by atomic mass is 10.1. The van der Waals surface area contributed by atoms with Crippen molar-refractivity contribution in [2.24, 2.45) is 0 Å². The highest BCUT2D eigenvalue weighted by molar-refractivity contribution is 5.93. The number of hydrogen-bond acceptors (Lipinski definition) is 5. The molecule has 1 aromatic carbocycles. The van der Waals surface area contributed by atoms with Gasteiger partial charge < -0.3 is 14.7 Å². The molecule has 1 saturated heterocycles. The lowest BCUT2D eigenvalue weighted by Crippen LogP contribution is -2.37. The summed E-state index contributed by atoms with van der Waals surface area (Å²) >= 11 is 0. The smallest absolute Gasteiger partial charge is 0.341 e. The molecule has 0 atom stereocenters. The number of aromatic nitrogens is 2. The van der Waals surface area contributed by atoms with E-state index in [2.05, 4.69) is 9.97 Å². The minimum atomic E-state index is -1.02. The molecule has 0 bridgehead atoms. The third-order valence-electron chi connectivity index (χ3n) is 3.62. The number of morpholine rings is 1. The van der Waals surface area contributed by atoms with Crippen LogP contribution in [0.3, 0.4) is 0 Å². The van der Waals surface area contributed by atoms with E-state index >= 15 is 0 Å². The zero-order chi connectivity index (χ0) is 15.5. The van der Waals surface area contributed by atoms with Crippen LogP contribution >= 0.6 is 0 Å². The second kappa shape index (κ2) is 6.11. The first kappa shape index (κ1) is 14.5. The number of aromatic carboxylic acids is 1. The summed E-state index contributed by atoms with van der Waals surface area (Å²) in [6, 6.07) is 7.85. The molecule has 2 aromatic rings. The summed E-state index contributed by atoms with van der Waals surface area (Å²) in [5, 5.41) is 9.36. The van der Waals surface area contributed by atoms with Crippen molar-refractivity contribution in [3.05, 3.63) is 41.6 Å². The zero-order valence-corrected chi connectivity index (χ0v) is 12.3. The van der Waals surface area contributed by atoms with Crippen LogP contribution in [0, 0.1) is 6.92 Å². The predicted molar refractivity (Wildman–Crippen MR) is 82.2 cm³/mol. The first-order chi connectivity index (χ1) is 10.6. The van der Waals surface area contributed by atoms with Gasteiger partial charge in [0.2, 0.25) is 0 Å². The molecule has 22 heavy (non-hydrogen) atoms. The Morgan fingerprint density at radius 2 is 1.91 bits per heavy atom. The van der Waals surface area contributed by atoms with Gasteiger partial charge in [-0.1, -0.05) is 29.8 Å². The molecule has 1 aliphatic rings. The Kier molecular flexibility index (Phi) is 4.02. The molecule has 1 N–H and O–H groups in total. The Hall–Kier alpha value is -2.47. The molecule has 114 valence electrons. The second-order valence-corrected chi connectivity index (χ2v) is 5.20. The minimum Gasteiger partial charge on any atom is -0.477 e. The summed E-state index contributed by atoms with van der Waals surface area (Å²) in [5.74, 6) is -0.0233. The summed E-state index contributed by atoms with van der Waals surface area (Å²) in [6.45, 7) is 4.42. The van der Waals surface area contributed by atoms with Gasteiger partial charge in [-0.2, -0.15) is 0 Å². The van der Waals surface area contributed by atoms with Crippen LogP contribution in [0.2, 0.25) is 0 Å². The van der Waals surface area contributed by atoms with Crippen LogP contribution in [0.1, 0.15) is 15.9 Å². The SMILES string of the molecule is Cc1ccc(-c2ncc(C(=O)O)c(N3CCOCC3)n2)cc1. The molecule has 3 rings (SSSR count). The van der Waals surface area contributed by atoms with E-state index in [9.17, 15) is 9.90 Å². The lowest BCUT2D eigenvalue weighted by molar-refractivity contribution is 0.0695. The second-order valence-electron chi connectivity index (χ2n) is 5.20. The van der Waals surface area contributed by atoms with E-state index in [0.717, 1.165) is 11.1 Å². The maximum Gasteiger partial charge on any atom is 0.341 e. The van der Waals surface area contributed by atoms with Gasteiger partial charge in [0.15, 0.2) is 5.82 Å².